The van der Waals surface area contributed by atoms with Gasteiger partial charge < -0.3 is 4.74 Å². The third kappa shape index (κ3) is 2.98. The Morgan fingerprint density at radius 3 is 2.76 bits per heavy atom. The van der Waals surface area contributed by atoms with Crippen LogP contribution < -0.4 is 4.74 Å². The van der Waals surface area contributed by atoms with E-state index in [4.69, 9.17) is 16.3 Å². The molecule has 0 fully saturated rings. The van der Waals surface area contributed by atoms with E-state index < -0.39 is 5.82 Å². The van der Waals surface area contributed by atoms with Crippen molar-refractivity contribution in [1.29, 1.82) is 0 Å². The molecule has 4 heteroatoms. The summed E-state index contributed by atoms with van der Waals surface area (Å²) in [7, 11) is 0. The summed E-state index contributed by atoms with van der Waals surface area (Å²) < 4.78 is 19.4. The van der Waals surface area contributed by atoms with Crippen LogP contribution in [0.25, 0.3) is 10.9 Å². The number of nitrogens with zero attached hydrogens (tertiary/aromatic N) is 1. The van der Waals surface area contributed by atoms with E-state index in [0.717, 1.165) is 22.0 Å². The van der Waals surface area contributed by atoms with Crippen molar-refractivity contribution in [1.82, 2.24) is 4.98 Å². The van der Waals surface area contributed by atoms with Crippen molar-refractivity contribution in [3.63, 3.8) is 0 Å². The van der Waals surface area contributed by atoms with Gasteiger partial charge in [0.15, 0.2) is 11.6 Å². The highest BCUT2D eigenvalue weighted by Gasteiger charge is 2.07. The molecule has 1 heterocycles. The molecular weight excluding hydrogens is 289 g/mol. The minimum absolute atomic E-state index is 0.227. The zero-order valence-corrected chi connectivity index (χ0v) is 12.0. The number of aromatic nitrogens is 1. The molecule has 0 bridgehead atoms. The zero-order valence-electron chi connectivity index (χ0n) is 11.2. The van der Waals surface area contributed by atoms with Crippen molar-refractivity contribution >= 4 is 22.5 Å². The van der Waals surface area contributed by atoms with E-state index in [2.05, 4.69) is 4.98 Å². The monoisotopic (exact) mass is 301 g/mol. The van der Waals surface area contributed by atoms with Gasteiger partial charge in [-0.2, -0.15) is 0 Å². The summed E-state index contributed by atoms with van der Waals surface area (Å²) in [5.74, 6) is 0.114. The lowest BCUT2D eigenvalue weighted by Gasteiger charge is -2.10. The Hall–Kier alpha value is -2.13. The van der Waals surface area contributed by atoms with Crippen molar-refractivity contribution in [2.24, 2.45) is 0 Å². The number of hydrogen-bond acceptors (Lipinski definition) is 2. The molecule has 0 spiro atoms. The number of halogens is 2. The summed E-state index contributed by atoms with van der Waals surface area (Å²) in [4.78, 5) is 4.29. The molecule has 0 saturated carbocycles. The van der Waals surface area contributed by atoms with E-state index in [-0.39, 0.29) is 11.6 Å². The first kappa shape index (κ1) is 13.8. The zero-order chi connectivity index (χ0) is 14.7. The van der Waals surface area contributed by atoms with Crippen LogP contribution in [0.1, 0.15) is 11.1 Å². The number of fused-ring (bicyclic) bond motifs is 1. The van der Waals surface area contributed by atoms with Crippen molar-refractivity contribution in [2.45, 2.75) is 12.5 Å². The quantitative estimate of drug-likeness (QED) is 0.652. The smallest absolute Gasteiger partial charge is 0.165 e. The van der Waals surface area contributed by atoms with Crippen molar-refractivity contribution < 1.29 is 9.13 Å². The van der Waals surface area contributed by atoms with Crippen molar-refractivity contribution in [2.75, 3.05) is 0 Å². The SMILES string of the molecule is Fc1cc(CCl)ccc1OCc1ccnc2ccccc12. The van der Waals surface area contributed by atoms with E-state index >= 15 is 0 Å². The summed E-state index contributed by atoms with van der Waals surface area (Å²) in [6.07, 6.45) is 1.73. The van der Waals surface area contributed by atoms with Crippen LogP contribution in [0.15, 0.2) is 54.7 Å². The number of benzene rings is 2. The van der Waals surface area contributed by atoms with E-state index in [9.17, 15) is 4.39 Å². The van der Waals surface area contributed by atoms with Gasteiger partial charge in [0.25, 0.3) is 0 Å². The van der Waals surface area contributed by atoms with Gasteiger partial charge in [-0.3, -0.25) is 4.98 Å². The summed E-state index contributed by atoms with van der Waals surface area (Å²) in [5, 5.41) is 1.01. The maximum atomic E-state index is 13.9. The number of ether oxygens (including phenoxy) is 1. The standard InChI is InChI=1S/C17H13ClFNO/c18-10-12-5-6-17(15(19)9-12)21-11-13-7-8-20-16-4-2-1-3-14(13)16/h1-9H,10-11H2. The van der Waals surface area contributed by atoms with Crippen molar-refractivity contribution in [3.05, 3.63) is 71.7 Å². The van der Waals surface area contributed by atoms with Gasteiger partial charge in [0, 0.05) is 23.0 Å². The fraction of sp³-hybridized carbons (Fsp3) is 0.118. The average molecular weight is 302 g/mol. The fourth-order valence-corrected chi connectivity index (χ4v) is 2.35. The maximum Gasteiger partial charge on any atom is 0.165 e. The predicted molar refractivity (Wildman–Crippen MR) is 82.0 cm³/mol. The number of para-hydroxylation sites is 1. The first-order valence-electron chi connectivity index (χ1n) is 6.58. The van der Waals surface area contributed by atoms with Gasteiger partial charge in [0.05, 0.1) is 5.52 Å². The molecule has 0 aliphatic carbocycles. The molecule has 0 aliphatic rings. The molecule has 2 nitrogen and oxygen atoms in total. The van der Waals surface area contributed by atoms with Crippen LogP contribution in [0.5, 0.6) is 5.75 Å². The van der Waals surface area contributed by atoms with Crippen LogP contribution in [0.2, 0.25) is 0 Å². The van der Waals surface area contributed by atoms with Gasteiger partial charge in [-0.1, -0.05) is 24.3 Å². The Morgan fingerprint density at radius 2 is 1.95 bits per heavy atom. The van der Waals surface area contributed by atoms with Gasteiger partial charge in [-0.25, -0.2) is 4.39 Å². The topological polar surface area (TPSA) is 22.1 Å². The minimum atomic E-state index is -0.397. The molecular formula is C17H13ClFNO. The van der Waals surface area contributed by atoms with Crippen LogP contribution in [0, 0.1) is 5.82 Å². The highest BCUT2D eigenvalue weighted by molar-refractivity contribution is 6.17. The minimum Gasteiger partial charge on any atom is -0.486 e. The van der Waals surface area contributed by atoms with Gasteiger partial charge in [0.2, 0.25) is 0 Å². The van der Waals surface area contributed by atoms with Gasteiger partial charge in [-0.05, 0) is 29.8 Å². The molecule has 2 aromatic carbocycles. The predicted octanol–water partition coefficient (Wildman–Crippen LogP) is 4.69. The Balaban J connectivity index is 1.84. The van der Waals surface area contributed by atoms with Crippen LogP contribution in [0.3, 0.4) is 0 Å². The highest BCUT2D eigenvalue weighted by Crippen LogP contribution is 2.22. The lowest BCUT2D eigenvalue weighted by Crippen LogP contribution is -1.99. The summed E-state index contributed by atoms with van der Waals surface area (Å²) in [5.41, 5.74) is 2.61. The lowest BCUT2D eigenvalue weighted by atomic mass is 10.1. The maximum absolute atomic E-state index is 13.9. The molecule has 0 radical (unpaired) electrons. The second kappa shape index (κ2) is 6.10. The van der Waals surface area contributed by atoms with E-state index in [1.807, 2.05) is 30.3 Å². The number of pyridine rings is 1. The van der Waals surface area contributed by atoms with Crippen LogP contribution >= 0.6 is 11.6 Å². The Kier molecular flexibility index (Phi) is 4.02. The van der Waals surface area contributed by atoms with Gasteiger partial charge in [-0.15, -0.1) is 11.6 Å². The number of alkyl halides is 1. The summed E-state index contributed by atoms with van der Waals surface area (Å²) >= 11 is 5.68. The molecule has 0 atom stereocenters. The number of rotatable bonds is 4. The molecule has 0 aliphatic heterocycles. The Bertz CT molecular complexity index is 770. The second-order valence-electron chi connectivity index (χ2n) is 4.67. The first-order chi connectivity index (χ1) is 10.3. The normalized spacial score (nSPS) is 10.8. The molecule has 0 amide bonds. The van der Waals surface area contributed by atoms with Crippen LogP contribution in [-0.4, -0.2) is 4.98 Å². The molecule has 21 heavy (non-hydrogen) atoms. The van der Waals surface area contributed by atoms with Gasteiger partial charge in [0.1, 0.15) is 6.61 Å². The number of hydrogen-bond donors (Lipinski definition) is 0. The van der Waals surface area contributed by atoms with Gasteiger partial charge >= 0.3 is 0 Å². The lowest BCUT2D eigenvalue weighted by molar-refractivity contribution is 0.291. The van der Waals surface area contributed by atoms with E-state index in [0.29, 0.717) is 6.61 Å². The van der Waals surface area contributed by atoms with Crippen LogP contribution in [0.4, 0.5) is 4.39 Å². The molecule has 0 saturated heterocycles. The fourth-order valence-electron chi connectivity index (χ4n) is 2.18. The molecule has 3 aromatic rings. The molecule has 3 rings (SSSR count). The average Bonchev–Trinajstić information content (AvgIpc) is 2.53. The second-order valence-corrected chi connectivity index (χ2v) is 4.94. The summed E-state index contributed by atoms with van der Waals surface area (Å²) in [6, 6.07) is 14.4. The highest BCUT2D eigenvalue weighted by atomic mass is 35.5. The van der Waals surface area contributed by atoms with E-state index in [1.165, 1.54) is 6.07 Å². The largest absolute Gasteiger partial charge is 0.486 e. The summed E-state index contributed by atoms with van der Waals surface area (Å²) in [6.45, 7) is 0.292. The Labute approximate surface area is 127 Å². The molecule has 0 N–H and O–H groups in total. The molecule has 1 aromatic heterocycles. The van der Waals surface area contributed by atoms with Crippen molar-refractivity contribution in [3.8, 4) is 5.75 Å². The third-order valence-electron chi connectivity index (χ3n) is 3.27. The molecule has 106 valence electrons. The first-order valence-corrected chi connectivity index (χ1v) is 7.11. The Morgan fingerprint density at radius 1 is 1.10 bits per heavy atom. The molecule has 0 unspecified atom stereocenters. The van der Waals surface area contributed by atoms with Crippen LogP contribution in [-0.2, 0) is 12.5 Å². The third-order valence-corrected chi connectivity index (χ3v) is 3.58. The van der Waals surface area contributed by atoms with E-state index in [1.54, 1.807) is 18.3 Å².